The van der Waals surface area contributed by atoms with Crippen LogP contribution in [0.5, 0.6) is 0 Å². The highest BCUT2D eigenvalue weighted by Gasteiger charge is 2.70. The SMILES string of the molecule is C=C(C)[C@@H]1CC[C@]2(CNC(CC(=O)O)C(=O)N3CCC(F)(F)C3)CC[C@]3(C)[C@H](CC[C@@H]4[C@@]5(C)CC=C(c6ccc(C(=O)O)cc6)C(C)(C)[C@@H]5CC[C@]43C)[C@@H]12. The number of allylic oxidation sites excluding steroid dienone is 3. The number of aliphatic carboxylic acids is 1. The molecule has 10 atom stereocenters. The summed E-state index contributed by atoms with van der Waals surface area (Å²) in [5, 5.41) is 22.7. The van der Waals surface area contributed by atoms with Crippen molar-refractivity contribution >= 4 is 23.4 Å². The molecule has 6 aliphatic rings. The summed E-state index contributed by atoms with van der Waals surface area (Å²) >= 11 is 0. The summed E-state index contributed by atoms with van der Waals surface area (Å²) in [5.41, 5.74) is 4.09. The molecule has 3 N–H and O–H groups in total. The van der Waals surface area contributed by atoms with Crippen LogP contribution in [0.1, 0.15) is 128 Å². The zero-order valence-electron chi connectivity index (χ0n) is 33.3. The Morgan fingerprint density at radius 1 is 0.907 bits per heavy atom. The molecule has 9 heteroatoms. The number of benzene rings is 1. The van der Waals surface area contributed by atoms with E-state index in [1.165, 1.54) is 11.1 Å². The summed E-state index contributed by atoms with van der Waals surface area (Å²) in [6, 6.07) is 6.37. The van der Waals surface area contributed by atoms with Gasteiger partial charge in [-0.2, -0.15) is 0 Å². The number of carboxylic acid groups (broad SMARTS) is 2. The molecule has 0 radical (unpaired) electrons. The zero-order chi connectivity index (χ0) is 39.2. The summed E-state index contributed by atoms with van der Waals surface area (Å²) in [7, 11) is 0. The molecule has 4 saturated carbocycles. The van der Waals surface area contributed by atoms with Gasteiger partial charge in [-0.1, -0.05) is 65.0 Å². The van der Waals surface area contributed by atoms with Crippen LogP contribution in [0.25, 0.3) is 5.57 Å². The summed E-state index contributed by atoms with van der Waals surface area (Å²) in [4.78, 5) is 38.2. The minimum atomic E-state index is -2.94. The molecule has 1 heterocycles. The maximum atomic E-state index is 14.1. The second kappa shape index (κ2) is 13.3. The van der Waals surface area contributed by atoms with Gasteiger partial charge in [0.15, 0.2) is 0 Å². The smallest absolute Gasteiger partial charge is 0.335 e. The molecule has 1 aromatic carbocycles. The fourth-order valence-electron chi connectivity index (χ4n) is 14.4. The van der Waals surface area contributed by atoms with Gasteiger partial charge in [-0.05, 0) is 145 Å². The van der Waals surface area contributed by atoms with Crippen LogP contribution < -0.4 is 5.32 Å². The van der Waals surface area contributed by atoms with Crippen molar-refractivity contribution in [1.29, 1.82) is 0 Å². The van der Waals surface area contributed by atoms with Gasteiger partial charge in [-0.25, -0.2) is 13.6 Å². The Labute approximate surface area is 320 Å². The molecule has 1 aromatic rings. The number of carbonyl (C=O) groups is 3. The molecule has 7 rings (SSSR count). The Bertz CT molecular complexity index is 1740. The first-order valence-electron chi connectivity index (χ1n) is 20.5. The van der Waals surface area contributed by atoms with Gasteiger partial charge in [0.1, 0.15) is 0 Å². The summed E-state index contributed by atoms with van der Waals surface area (Å²) < 4.78 is 28.2. The first-order chi connectivity index (χ1) is 25.2. The highest BCUT2D eigenvalue weighted by atomic mass is 19.3. The molecule has 296 valence electrons. The van der Waals surface area contributed by atoms with Gasteiger partial charge < -0.3 is 20.4 Å². The second-order valence-electron chi connectivity index (χ2n) is 19.9. The molecule has 1 unspecified atom stereocenters. The normalized spacial score (nSPS) is 39.7. The third-order valence-corrected chi connectivity index (χ3v) is 17.1. The average Bonchev–Trinajstić information content (AvgIpc) is 3.66. The number of alkyl halides is 2. The third-order valence-electron chi connectivity index (χ3n) is 17.1. The van der Waals surface area contributed by atoms with Crippen LogP contribution in [0, 0.1) is 56.7 Å². The van der Waals surface area contributed by atoms with Gasteiger partial charge in [0.05, 0.1) is 24.6 Å². The molecular formula is C45H62F2N2O5. The van der Waals surface area contributed by atoms with Crippen LogP contribution in [0.3, 0.4) is 0 Å². The number of nitrogens with zero attached hydrogens (tertiary/aromatic N) is 1. The average molecular weight is 749 g/mol. The monoisotopic (exact) mass is 748 g/mol. The number of hydrogen-bond donors (Lipinski definition) is 3. The predicted molar refractivity (Wildman–Crippen MR) is 206 cm³/mol. The van der Waals surface area contributed by atoms with E-state index in [0.717, 1.165) is 68.3 Å². The number of carboxylic acids is 2. The van der Waals surface area contributed by atoms with E-state index in [-0.39, 0.29) is 40.0 Å². The number of aromatic carboxylic acids is 1. The largest absolute Gasteiger partial charge is 0.481 e. The van der Waals surface area contributed by atoms with Crippen molar-refractivity contribution in [3.05, 3.63) is 53.6 Å². The number of fused-ring (bicyclic) bond motifs is 7. The third kappa shape index (κ3) is 6.00. The molecule has 0 bridgehead atoms. The number of hydrogen-bond acceptors (Lipinski definition) is 4. The van der Waals surface area contributed by atoms with E-state index in [4.69, 9.17) is 0 Å². The van der Waals surface area contributed by atoms with Crippen LogP contribution in [-0.2, 0) is 9.59 Å². The number of likely N-dealkylation sites (tertiary alicyclic amines) is 1. The van der Waals surface area contributed by atoms with Crippen molar-refractivity contribution in [2.75, 3.05) is 19.6 Å². The lowest BCUT2D eigenvalue weighted by Gasteiger charge is -2.72. The minimum Gasteiger partial charge on any atom is -0.481 e. The number of carbonyl (C=O) groups excluding carboxylic acids is 1. The van der Waals surface area contributed by atoms with Crippen LogP contribution in [0.15, 0.2) is 42.5 Å². The van der Waals surface area contributed by atoms with Crippen LogP contribution >= 0.6 is 0 Å². The maximum absolute atomic E-state index is 14.1. The van der Waals surface area contributed by atoms with Crippen molar-refractivity contribution in [3.8, 4) is 0 Å². The van der Waals surface area contributed by atoms with E-state index >= 15 is 0 Å². The predicted octanol–water partition coefficient (Wildman–Crippen LogP) is 9.34. The van der Waals surface area contributed by atoms with Crippen molar-refractivity contribution in [2.45, 2.75) is 124 Å². The lowest BCUT2D eigenvalue weighted by atomic mass is 9.32. The highest BCUT2D eigenvalue weighted by Crippen LogP contribution is 2.77. The molecule has 7 nitrogen and oxygen atoms in total. The van der Waals surface area contributed by atoms with Crippen molar-refractivity contribution in [1.82, 2.24) is 10.2 Å². The number of halogens is 2. The highest BCUT2D eigenvalue weighted by molar-refractivity contribution is 5.88. The fourth-order valence-corrected chi connectivity index (χ4v) is 14.4. The van der Waals surface area contributed by atoms with Crippen molar-refractivity contribution in [2.24, 2.45) is 56.7 Å². The van der Waals surface area contributed by atoms with E-state index in [1.54, 1.807) is 12.1 Å². The van der Waals surface area contributed by atoms with E-state index < -0.39 is 42.8 Å². The van der Waals surface area contributed by atoms with Crippen LogP contribution in [0.4, 0.5) is 8.78 Å². The quantitative estimate of drug-likeness (QED) is 0.218. The van der Waals surface area contributed by atoms with E-state index in [9.17, 15) is 33.4 Å². The maximum Gasteiger partial charge on any atom is 0.335 e. The topological polar surface area (TPSA) is 107 Å². The molecule has 1 amide bonds. The Kier molecular flexibility index (Phi) is 9.62. The van der Waals surface area contributed by atoms with Crippen molar-refractivity contribution < 1.29 is 33.4 Å². The fraction of sp³-hybridized carbons (Fsp3) is 0.711. The molecule has 5 fully saturated rings. The van der Waals surface area contributed by atoms with Gasteiger partial charge in [0, 0.05) is 19.5 Å². The Hall–Kier alpha value is -3.07. The summed E-state index contributed by atoms with van der Waals surface area (Å²) in [5.74, 6) is -3.29. The van der Waals surface area contributed by atoms with E-state index in [2.05, 4.69) is 59.5 Å². The molecule has 5 aliphatic carbocycles. The molecule has 0 spiro atoms. The van der Waals surface area contributed by atoms with Gasteiger partial charge in [-0.3, -0.25) is 9.59 Å². The van der Waals surface area contributed by atoms with Gasteiger partial charge >= 0.3 is 11.9 Å². The molecule has 1 aliphatic heterocycles. The van der Waals surface area contributed by atoms with Gasteiger partial charge in [0.25, 0.3) is 5.92 Å². The number of amides is 1. The van der Waals surface area contributed by atoms with Crippen molar-refractivity contribution in [3.63, 3.8) is 0 Å². The van der Waals surface area contributed by atoms with Gasteiger partial charge in [0.2, 0.25) is 5.91 Å². The van der Waals surface area contributed by atoms with E-state index in [1.807, 2.05) is 12.1 Å². The van der Waals surface area contributed by atoms with Crippen LogP contribution in [0.2, 0.25) is 0 Å². The first kappa shape index (κ1) is 39.2. The Morgan fingerprint density at radius 2 is 1.61 bits per heavy atom. The number of rotatable bonds is 9. The lowest BCUT2D eigenvalue weighted by Crippen LogP contribution is -2.66. The zero-order valence-corrected chi connectivity index (χ0v) is 33.3. The summed E-state index contributed by atoms with van der Waals surface area (Å²) in [6.07, 6.45) is 11.3. The molecule has 1 saturated heterocycles. The summed E-state index contributed by atoms with van der Waals surface area (Å²) in [6.45, 7) is 19.0. The Morgan fingerprint density at radius 3 is 2.22 bits per heavy atom. The molecule has 0 aromatic heterocycles. The van der Waals surface area contributed by atoms with E-state index in [0.29, 0.717) is 41.7 Å². The second-order valence-corrected chi connectivity index (χ2v) is 19.9. The lowest BCUT2D eigenvalue weighted by molar-refractivity contribution is -0.225. The minimum absolute atomic E-state index is 0.0523. The molecular weight excluding hydrogens is 687 g/mol. The number of nitrogens with one attached hydrogen (secondary N) is 1. The standard InChI is InChI=1S/C45H62F2N2O5/c1-27(2)30-14-19-44(25-48-33(24-36(50)51)38(52)49-23-22-45(46,47)26-49)21-20-42(6)32(37(30)44)12-13-35-41(5)17-15-31(28-8-10-29(11-9-28)39(53)54)40(3,4)34(41)16-18-43(35,42)7/h8-11,15,30,32-35,37,48H,1,12-14,16-26H2,2-7H3,(H,50,51)(H,53,54)/t30-,32+,33?,34-,35+,37+,41-,42+,43+,44+/m0/s1. The first-order valence-corrected chi connectivity index (χ1v) is 20.5. The van der Waals surface area contributed by atoms with Gasteiger partial charge in [-0.15, -0.1) is 0 Å². The van der Waals surface area contributed by atoms with Crippen LogP contribution in [-0.4, -0.2) is 64.6 Å². The Balaban J connectivity index is 1.16. The molecule has 54 heavy (non-hydrogen) atoms.